The topological polar surface area (TPSA) is 68.3 Å². The molecule has 0 saturated carbocycles. The summed E-state index contributed by atoms with van der Waals surface area (Å²) in [5.74, 6) is 0. The van der Waals surface area contributed by atoms with Crippen LogP contribution in [0.1, 0.15) is 0 Å². The number of sulfone groups is 2. The number of benzene rings is 3. The van der Waals surface area contributed by atoms with Gasteiger partial charge < -0.3 is 0 Å². The Hall–Kier alpha value is -1.86. The van der Waals surface area contributed by atoms with Crippen LogP contribution in [0.15, 0.2) is 92.4 Å². The summed E-state index contributed by atoms with van der Waals surface area (Å²) in [4.78, 5) is 0.148. The van der Waals surface area contributed by atoms with E-state index in [0.717, 1.165) is 0 Å². The zero-order valence-corrected chi connectivity index (χ0v) is 16.3. The van der Waals surface area contributed by atoms with Gasteiger partial charge >= 0.3 is 0 Å². The Balaban J connectivity index is 1.98. The molecular weight excluding hydrogens is 415 g/mol. The molecule has 3 aromatic carbocycles. The van der Waals surface area contributed by atoms with E-state index in [1.165, 1.54) is 72.8 Å². The summed E-state index contributed by atoms with van der Waals surface area (Å²) >= 11 is 11.6. The highest BCUT2D eigenvalue weighted by Crippen LogP contribution is 2.26. The van der Waals surface area contributed by atoms with E-state index in [0.29, 0.717) is 10.0 Å². The fourth-order valence-corrected chi connectivity index (χ4v) is 5.07. The van der Waals surface area contributed by atoms with Crippen molar-refractivity contribution in [2.45, 2.75) is 19.6 Å². The molecule has 0 heterocycles. The summed E-state index contributed by atoms with van der Waals surface area (Å²) in [7, 11) is -7.52. The molecule has 3 aromatic rings. The second-order valence-electron chi connectivity index (χ2n) is 5.39. The van der Waals surface area contributed by atoms with E-state index in [9.17, 15) is 16.8 Å². The Labute approximate surface area is 161 Å². The summed E-state index contributed by atoms with van der Waals surface area (Å²) < 4.78 is 50.4. The quantitative estimate of drug-likeness (QED) is 0.608. The molecule has 0 amide bonds. The van der Waals surface area contributed by atoms with E-state index in [-0.39, 0.29) is 19.6 Å². The molecule has 0 aliphatic rings. The number of hydrogen-bond donors (Lipinski definition) is 0. The monoisotopic (exact) mass is 426 g/mol. The predicted octanol–water partition coefficient (Wildman–Crippen LogP) is 4.66. The van der Waals surface area contributed by atoms with Gasteiger partial charge in [-0.2, -0.15) is 0 Å². The lowest BCUT2D eigenvalue weighted by Gasteiger charge is -2.08. The number of halogens is 2. The molecule has 0 aliphatic carbocycles. The second-order valence-corrected chi connectivity index (χ2v) is 10.2. The van der Waals surface area contributed by atoms with Gasteiger partial charge in [-0.25, -0.2) is 16.8 Å². The smallest absolute Gasteiger partial charge is 0.206 e. The Morgan fingerprint density at radius 2 is 0.615 bits per heavy atom. The highest BCUT2D eigenvalue weighted by Gasteiger charge is 2.21. The lowest BCUT2D eigenvalue weighted by Crippen LogP contribution is -2.04. The molecular formula is C18H12Cl2O4S2. The zero-order valence-electron chi connectivity index (χ0n) is 13.1. The van der Waals surface area contributed by atoms with Crippen molar-refractivity contribution in [2.75, 3.05) is 0 Å². The van der Waals surface area contributed by atoms with E-state index in [1.807, 2.05) is 0 Å². The van der Waals surface area contributed by atoms with Gasteiger partial charge in [0.2, 0.25) is 19.7 Å². The molecule has 0 atom stereocenters. The molecule has 0 saturated heterocycles. The molecule has 0 fully saturated rings. The van der Waals surface area contributed by atoms with Crippen molar-refractivity contribution < 1.29 is 16.8 Å². The highest BCUT2D eigenvalue weighted by molar-refractivity contribution is 7.92. The Morgan fingerprint density at radius 3 is 0.846 bits per heavy atom. The SMILES string of the molecule is O=S(=O)(c1ccc(Cl)cc1)c1ccc(S(=O)(=O)c2ccc(Cl)cc2)cc1. The molecule has 0 radical (unpaired) electrons. The molecule has 0 unspecified atom stereocenters. The third-order valence-corrected chi connectivity index (χ3v) is 7.77. The summed E-state index contributed by atoms with van der Waals surface area (Å²) in [6.07, 6.45) is 0. The highest BCUT2D eigenvalue weighted by atomic mass is 35.5. The lowest BCUT2D eigenvalue weighted by atomic mass is 10.4. The lowest BCUT2D eigenvalue weighted by molar-refractivity contribution is 0.592. The number of rotatable bonds is 4. The van der Waals surface area contributed by atoms with Crippen LogP contribution in [0.3, 0.4) is 0 Å². The summed E-state index contributed by atoms with van der Waals surface area (Å²) in [5.41, 5.74) is 0. The maximum absolute atomic E-state index is 12.6. The van der Waals surface area contributed by atoms with E-state index >= 15 is 0 Å². The van der Waals surface area contributed by atoms with Gasteiger partial charge in [-0.1, -0.05) is 23.2 Å². The molecule has 26 heavy (non-hydrogen) atoms. The van der Waals surface area contributed by atoms with Crippen LogP contribution in [0.4, 0.5) is 0 Å². The number of hydrogen-bond acceptors (Lipinski definition) is 4. The van der Waals surface area contributed by atoms with Crippen LogP contribution in [-0.2, 0) is 19.7 Å². The van der Waals surface area contributed by atoms with E-state index in [1.54, 1.807) is 0 Å². The van der Waals surface area contributed by atoms with E-state index in [4.69, 9.17) is 23.2 Å². The average Bonchev–Trinajstić information content (AvgIpc) is 2.62. The van der Waals surface area contributed by atoms with E-state index < -0.39 is 19.7 Å². The van der Waals surface area contributed by atoms with Crippen LogP contribution >= 0.6 is 23.2 Å². The maximum Gasteiger partial charge on any atom is 0.206 e. The van der Waals surface area contributed by atoms with E-state index in [2.05, 4.69) is 0 Å². The van der Waals surface area contributed by atoms with Crippen LogP contribution in [0.2, 0.25) is 10.0 Å². The van der Waals surface area contributed by atoms with Gasteiger partial charge in [-0.05, 0) is 72.8 Å². The van der Waals surface area contributed by atoms with Gasteiger partial charge in [-0.15, -0.1) is 0 Å². The third kappa shape index (κ3) is 3.64. The van der Waals surface area contributed by atoms with Gasteiger partial charge in [-0.3, -0.25) is 0 Å². The van der Waals surface area contributed by atoms with Crippen molar-refractivity contribution in [3.05, 3.63) is 82.8 Å². The Kier molecular flexibility index (Phi) is 5.12. The molecule has 0 aromatic heterocycles. The van der Waals surface area contributed by atoms with Crippen molar-refractivity contribution in [2.24, 2.45) is 0 Å². The third-order valence-electron chi connectivity index (χ3n) is 3.69. The first kappa shape index (κ1) is 18.9. The molecule has 0 bridgehead atoms. The van der Waals surface area contributed by atoms with Crippen molar-refractivity contribution in [3.63, 3.8) is 0 Å². The van der Waals surface area contributed by atoms with Crippen molar-refractivity contribution in [1.29, 1.82) is 0 Å². The van der Waals surface area contributed by atoms with Crippen LogP contribution in [-0.4, -0.2) is 16.8 Å². The fourth-order valence-electron chi connectivity index (χ4n) is 2.30. The van der Waals surface area contributed by atoms with Crippen LogP contribution < -0.4 is 0 Å². The van der Waals surface area contributed by atoms with Gasteiger partial charge in [0.15, 0.2) is 0 Å². The van der Waals surface area contributed by atoms with Crippen LogP contribution in [0.5, 0.6) is 0 Å². The molecule has 134 valence electrons. The fraction of sp³-hybridized carbons (Fsp3) is 0. The van der Waals surface area contributed by atoms with Gasteiger partial charge in [0.25, 0.3) is 0 Å². The molecule has 8 heteroatoms. The van der Waals surface area contributed by atoms with Gasteiger partial charge in [0.1, 0.15) is 0 Å². The van der Waals surface area contributed by atoms with Crippen molar-refractivity contribution >= 4 is 42.9 Å². The van der Waals surface area contributed by atoms with Crippen LogP contribution in [0.25, 0.3) is 0 Å². The molecule has 3 rings (SSSR count). The first-order chi connectivity index (χ1) is 12.2. The molecule has 4 nitrogen and oxygen atoms in total. The normalized spacial score (nSPS) is 12.1. The van der Waals surface area contributed by atoms with Crippen molar-refractivity contribution in [3.8, 4) is 0 Å². The standard InChI is InChI=1S/C18H12Cl2O4S2/c19-13-1-5-15(6-2-13)25(21,22)17-9-11-18(12-10-17)26(23,24)16-7-3-14(20)4-8-16/h1-12H. The first-order valence-corrected chi connectivity index (χ1v) is 11.0. The predicted molar refractivity (Wildman–Crippen MR) is 100 cm³/mol. The zero-order chi connectivity index (χ0) is 18.9. The molecule has 0 aliphatic heterocycles. The Morgan fingerprint density at radius 1 is 0.423 bits per heavy atom. The molecule has 0 spiro atoms. The first-order valence-electron chi connectivity index (χ1n) is 7.33. The van der Waals surface area contributed by atoms with Gasteiger partial charge in [0.05, 0.1) is 19.6 Å². The minimum Gasteiger partial charge on any atom is -0.219 e. The minimum absolute atomic E-state index is 0.00474. The van der Waals surface area contributed by atoms with Crippen LogP contribution in [0, 0.1) is 0 Å². The molecule has 0 N–H and O–H groups in total. The largest absolute Gasteiger partial charge is 0.219 e. The van der Waals surface area contributed by atoms with Crippen molar-refractivity contribution in [1.82, 2.24) is 0 Å². The minimum atomic E-state index is -3.76. The summed E-state index contributed by atoms with van der Waals surface area (Å²) in [6, 6.07) is 16.6. The summed E-state index contributed by atoms with van der Waals surface area (Å²) in [5, 5.41) is 0.849. The average molecular weight is 427 g/mol. The summed E-state index contributed by atoms with van der Waals surface area (Å²) in [6.45, 7) is 0. The second kappa shape index (κ2) is 7.04. The Bertz CT molecular complexity index is 1040. The van der Waals surface area contributed by atoms with Gasteiger partial charge in [0, 0.05) is 10.0 Å². The maximum atomic E-state index is 12.6.